The molecule has 0 saturated heterocycles. The number of carbonyl (C=O) groups excluding carboxylic acids is 1. The van der Waals surface area contributed by atoms with Crippen molar-refractivity contribution in [2.24, 2.45) is 5.73 Å². The normalized spacial score (nSPS) is 11.8. The van der Waals surface area contributed by atoms with Crippen LogP contribution < -0.4 is 20.5 Å². The number of nitrogens with one attached hydrogen (secondary N) is 1. The molecule has 0 bridgehead atoms. The smallest absolute Gasteiger partial charge is 0.278 e. The molecule has 0 fully saturated rings. The van der Waals surface area contributed by atoms with Crippen molar-refractivity contribution >= 4 is 34.8 Å². The molecule has 10 heteroatoms. The Balaban J connectivity index is 2.00. The summed E-state index contributed by atoms with van der Waals surface area (Å²) in [5.41, 5.74) is 6.85. The molecule has 0 spiro atoms. The Morgan fingerprint density at radius 3 is 2.57 bits per heavy atom. The van der Waals surface area contributed by atoms with Crippen LogP contribution in [0.3, 0.4) is 0 Å². The van der Waals surface area contributed by atoms with Gasteiger partial charge in [-0.15, -0.1) is 0 Å². The van der Waals surface area contributed by atoms with Crippen LogP contribution >= 0.6 is 23.2 Å². The van der Waals surface area contributed by atoms with Crippen LogP contribution in [0.5, 0.6) is 11.5 Å². The van der Waals surface area contributed by atoms with Crippen LogP contribution in [0.1, 0.15) is 36.1 Å². The number of pyridine rings is 1. The van der Waals surface area contributed by atoms with Crippen LogP contribution in [0.4, 0.5) is 5.69 Å². The molecule has 1 atom stereocenters. The molecule has 0 aliphatic heterocycles. The lowest BCUT2D eigenvalue weighted by molar-refractivity contribution is 0.102. The molecule has 158 valence electrons. The highest BCUT2D eigenvalue weighted by Crippen LogP contribution is 2.34. The Hall–Kier alpha value is -2.81. The Labute approximate surface area is 183 Å². The summed E-state index contributed by atoms with van der Waals surface area (Å²) in [5.74, 6) is 0.963. The third-order valence-electron chi connectivity index (χ3n) is 4.08. The molecule has 3 rings (SSSR count). The predicted molar refractivity (Wildman–Crippen MR) is 114 cm³/mol. The van der Waals surface area contributed by atoms with Gasteiger partial charge in [-0.25, -0.2) is 4.98 Å². The monoisotopic (exact) mass is 450 g/mol. The van der Waals surface area contributed by atoms with Crippen molar-refractivity contribution < 1.29 is 18.7 Å². The molecule has 3 aromatic rings. The van der Waals surface area contributed by atoms with Crippen LogP contribution in [0.25, 0.3) is 11.5 Å². The van der Waals surface area contributed by atoms with Gasteiger partial charge in [-0.2, -0.15) is 0 Å². The van der Waals surface area contributed by atoms with Crippen molar-refractivity contribution in [1.29, 1.82) is 0 Å². The van der Waals surface area contributed by atoms with Gasteiger partial charge in [0.2, 0.25) is 5.89 Å². The van der Waals surface area contributed by atoms with Gasteiger partial charge in [0.1, 0.15) is 0 Å². The van der Waals surface area contributed by atoms with Crippen molar-refractivity contribution in [3.8, 4) is 23.0 Å². The maximum Gasteiger partial charge on any atom is 0.278 e. The van der Waals surface area contributed by atoms with E-state index in [9.17, 15) is 4.79 Å². The summed E-state index contributed by atoms with van der Waals surface area (Å²) < 4.78 is 16.7. The Morgan fingerprint density at radius 2 is 1.97 bits per heavy atom. The highest BCUT2D eigenvalue weighted by Gasteiger charge is 2.25. The molecule has 8 nitrogen and oxygen atoms in total. The molecule has 1 unspecified atom stereocenters. The minimum Gasteiger partial charge on any atom is -0.493 e. The van der Waals surface area contributed by atoms with Gasteiger partial charge in [0.25, 0.3) is 5.91 Å². The molecular weight excluding hydrogens is 431 g/mol. The lowest BCUT2D eigenvalue weighted by Gasteiger charge is -2.09. The van der Waals surface area contributed by atoms with Crippen molar-refractivity contribution in [2.75, 3.05) is 19.0 Å². The summed E-state index contributed by atoms with van der Waals surface area (Å²) in [7, 11) is 1.55. The lowest BCUT2D eigenvalue weighted by atomic mass is 10.2. The molecule has 1 aromatic carbocycles. The number of amides is 1. The second-order valence-corrected chi connectivity index (χ2v) is 7.07. The number of anilines is 1. The summed E-state index contributed by atoms with van der Waals surface area (Å²) in [5, 5.41) is 3.03. The fraction of sp³-hybridized carbons (Fsp3) is 0.250. The van der Waals surface area contributed by atoms with Crippen molar-refractivity contribution in [3.63, 3.8) is 0 Å². The zero-order valence-corrected chi connectivity index (χ0v) is 18.0. The van der Waals surface area contributed by atoms with Gasteiger partial charge in [-0.1, -0.05) is 23.2 Å². The van der Waals surface area contributed by atoms with Gasteiger partial charge < -0.3 is 24.9 Å². The Morgan fingerprint density at radius 1 is 1.27 bits per heavy atom. The summed E-state index contributed by atoms with van der Waals surface area (Å²) >= 11 is 12.2. The van der Waals surface area contributed by atoms with Crippen LogP contribution in [-0.4, -0.2) is 29.6 Å². The molecule has 0 saturated carbocycles. The molecule has 30 heavy (non-hydrogen) atoms. The summed E-state index contributed by atoms with van der Waals surface area (Å²) in [6.45, 7) is 4.01. The van der Waals surface area contributed by atoms with Crippen LogP contribution in [-0.2, 0) is 0 Å². The zero-order valence-electron chi connectivity index (χ0n) is 16.5. The molecule has 0 radical (unpaired) electrons. The van der Waals surface area contributed by atoms with E-state index in [0.717, 1.165) is 0 Å². The van der Waals surface area contributed by atoms with Gasteiger partial charge >= 0.3 is 0 Å². The number of rotatable bonds is 7. The fourth-order valence-electron chi connectivity index (χ4n) is 2.71. The first-order chi connectivity index (χ1) is 14.3. The van der Waals surface area contributed by atoms with E-state index >= 15 is 0 Å². The number of hydrogen-bond acceptors (Lipinski definition) is 7. The molecule has 0 aliphatic carbocycles. The van der Waals surface area contributed by atoms with E-state index in [0.29, 0.717) is 23.7 Å². The number of oxazole rings is 1. The zero-order chi connectivity index (χ0) is 21.8. The molecule has 2 heterocycles. The molecule has 3 N–H and O–H groups in total. The number of nitrogens with two attached hydrogens (primary N) is 1. The van der Waals surface area contributed by atoms with Gasteiger partial charge in [-0.3, -0.25) is 9.78 Å². The third-order valence-corrected chi connectivity index (χ3v) is 4.66. The van der Waals surface area contributed by atoms with E-state index in [1.165, 1.54) is 12.4 Å². The van der Waals surface area contributed by atoms with E-state index in [4.69, 9.17) is 42.8 Å². The number of nitrogens with zero attached hydrogens (tertiary/aromatic N) is 2. The fourth-order valence-corrected chi connectivity index (χ4v) is 3.17. The first-order valence-electron chi connectivity index (χ1n) is 9.03. The first kappa shape index (κ1) is 21.9. The van der Waals surface area contributed by atoms with Crippen molar-refractivity contribution in [1.82, 2.24) is 9.97 Å². The topological polar surface area (TPSA) is 112 Å². The second kappa shape index (κ2) is 9.34. The van der Waals surface area contributed by atoms with Crippen molar-refractivity contribution in [2.45, 2.75) is 19.9 Å². The number of carbonyl (C=O) groups is 1. The number of methoxy groups -OCH3 is 1. The highest BCUT2D eigenvalue weighted by atomic mass is 35.5. The van der Waals surface area contributed by atoms with Crippen LogP contribution in [0, 0.1) is 0 Å². The predicted octanol–water partition coefficient (Wildman–Crippen LogP) is 4.72. The Kier molecular flexibility index (Phi) is 6.81. The molecule has 0 aliphatic rings. The lowest BCUT2D eigenvalue weighted by Crippen LogP contribution is -2.17. The highest BCUT2D eigenvalue weighted by molar-refractivity contribution is 6.39. The van der Waals surface area contributed by atoms with Gasteiger partial charge in [-0.05, 0) is 32.0 Å². The standard InChI is InChI=1S/C20H20Cl2N4O4/c1-4-29-15-7-11(5-6-14(15)28-3)20-26-17(18(30-20)10(2)23)19(27)25-16-12(21)8-24-9-13(16)22/h5-10H,4,23H2,1-3H3,(H,24,25,27). The molecular formula is C20H20Cl2N4O4. The van der Waals surface area contributed by atoms with E-state index in [1.807, 2.05) is 6.92 Å². The van der Waals surface area contributed by atoms with E-state index < -0.39 is 11.9 Å². The average molecular weight is 451 g/mol. The quantitative estimate of drug-likeness (QED) is 0.534. The van der Waals surface area contributed by atoms with E-state index in [-0.39, 0.29) is 33.1 Å². The van der Waals surface area contributed by atoms with Crippen LogP contribution in [0.2, 0.25) is 10.0 Å². The molecule has 2 aromatic heterocycles. The van der Waals surface area contributed by atoms with Crippen LogP contribution in [0.15, 0.2) is 35.0 Å². The number of halogens is 2. The van der Waals surface area contributed by atoms with Gasteiger partial charge in [0.15, 0.2) is 23.0 Å². The minimum absolute atomic E-state index is 0.0257. The number of benzene rings is 1. The SMILES string of the molecule is CCOc1cc(-c2nc(C(=O)Nc3c(Cl)cncc3Cl)c(C(C)N)o2)ccc1OC. The average Bonchev–Trinajstić information content (AvgIpc) is 3.17. The second-order valence-electron chi connectivity index (χ2n) is 6.25. The largest absolute Gasteiger partial charge is 0.493 e. The number of ether oxygens (including phenoxy) is 2. The first-order valence-corrected chi connectivity index (χ1v) is 9.79. The van der Waals surface area contributed by atoms with E-state index in [1.54, 1.807) is 32.2 Å². The van der Waals surface area contributed by atoms with Gasteiger partial charge in [0, 0.05) is 18.0 Å². The summed E-state index contributed by atoms with van der Waals surface area (Å²) in [6.07, 6.45) is 2.74. The molecule has 1 amide bonds. The number of hydrogen-bond donors (Lipinski definition) is 2. The Bertz CT molecular complexity index is 1050. The summed E-state index contributed by atoms with van der Waals surface area (Å²) in [6, 6.07) is 4.61. The number of aromatic nitrogens is 2. The third kappa shape index (κ3) is 4.51. The van der Waals surface area contributed by atoms with Gasteiger partial charge in [0.05, 0.1) is 35.5 Å². The summed E-state index contributed by atoms with van der Waals surface area (Å²) in [4.78, 5) is 21.1. The minimum atomic E-state index is -0.583. The van der Waals surface area contributed by atoms with E-state index in [2.05, 4.69) is 15.3 Å². The maximum atomic E-state index is 12.9. The maximum absolute atomic E-state index is 12.9. The van der Waals surface area contributed by atoms with Crippen molar-refractivity contribution in [3.05, 3.63) is 52.1 Å².